The maximum Gasteiger partial charge on any atom is 0.488 e. The molecule has 0 fully saturated rings. The molecule has 3 rings (SSSR count). The Labute approximate surface area is 122 Å². The molecule has 3 aromatic rings. The van der Waals surface area contributed by atoms with Gasteiger partial charge in [-0.2, -0.15) is 0 Å². The zero-order chi connectivity index (χ0) is 14.8. The number of aryl methyl sites for hydroxylation is 1. The number of benzene rings is 2. The number of rotatable bonds is 3. The van der Waals surface area contributed by atoms with Gasteiger partial charge in [0.15, 0.2) is 0 Å². The van der Waals surface area contributed by atoms with Crippen molar-refractivity contribution in [2.45, 2.75) is 6.92 Å². The number of hydrogen-bond donors (Lipinski definition) is 2. The Kier molecular flexibility index (Phi) is 3.56. The van der Waals surface area contributed by atoms with Gasteiger partial charge < -0.3 is 14.5 Å². The fraction of sp³-hybridized carbons (Fsp3) is 0.0667. The van der Waals surface area contributed by atoms with Crippen molar-refractivity contribution in [1.82, 2.24) is 10.2 Å². The predicted octanol–water partition coefficient (Wildman–Crippen LogP) is 1.39. The fourth-order valence-corrected chi connectivity index (χ4v) is 1.95. The summed E-state index contributed by atoms with van der Waals surface area (Å²) in [4.78, 5) is 0. The third-order valence-electron chi connectivity index (χ3n) is 3.18. The highest BCUT2D eigenvalue weighted by atomic mass is 16.4. The van der Waals surface area contributed by atoms with E-state index in [1.807, 2.05) is 31.2 Å². The summed E-state index contributed by atoms with van der Waals surface area (Å²) in [5, 5.41) is 26.2. The van der Waals surface area contributed by atoms with Gasteiger partial charge in [-0.15, -0.1) is 10.2 Å². The predicted molar refractivity (Wildman–Crippen MR) is 79.7 cm³/mol. The molecule has 2 N–H and O–H groups in total. The Bertz CT molecular complexity index is 736. The molecule has 6 heteroatoms. The standard InChI is InChI=1S/C15H13BN2O3/c1-10-2-4-11(5-3-10)14-17-18-15(21-14)12-6-8-13(9-7-12)16(19)20/h2-9,19-20H,1H3. The quantitative estimate of drug-likeness (QED) is 0.709. The van der Waals surface area contributed by atoms with E-state index in [0.29, 0.717) is 17.2 Å². The molecular weight excluding hydrogens is 267 g/mol. The molecule has 0 atom stereocenters. The molecular formula is C15H13BN2O3. The molecule has 0 bridgehead atoms. The topological polar surface area (TPSA) is 79.4 Å². The van der Waals surface area contributed by atoms with Crippen LogP contribution in [0.3, 0.4) is 0 Å². The fourth-order valence-electron chi connectivity index (χ4n) is 1.95. The van der Waals surface area contributed by atoms with Gasteiger partial charge >= 0.3 is 7.12 Å². The van der Waals surface area contributed by atoms with E-state index in [1.165, 1.54) is 0 Å². The van der Waals surface area contributed by atoms with E-state index in [0.717, 1.165) is 16.7 Å². The van der Waals surface area contributed by atoms with Gasteiger partial charge in [0, 0.05) is 11.1 Å². The van der Waals surface area contributed by atoms with Crippen LogP contribution in [0.15, 0.2) is 52.9 Å². The van der Waals surface area contributed by atoms with Crippen molar-refractivity contribution in [2.24, 2.45) is 0 Å². The van der Waals surface area contributed by atoms with Crippen LogP contribution in [0.25, 0.3) is 22.9 Å². The second-order valence-electron chi connectivity index (χ2n) is 4.77. The van der Waals surface area contributed by atoms with Crippen LogP contribution in [-0.4, -0.2) is 27.4 Å². The first-order valence-electron chi connectivity index (χ1n) is 6.50. The maximum atomic E-state index is 9.06. The molecule has 0 saturated heterocycles. The number of nitrogens with zero attached hydrogens (tertiary/aromatic N) is 2. The first kappa shape index (κ1) is 13.5. The SMILES string of the molecule is Cc1ccc(-c2nnc(-c3ccc(B(O)O)cc3)o2)cc1. The maximum absolute atomic E-state index is 9.06. The van der Waals surface area contributed by atoms with Gasteiger partial charge in [-0.25, -0.2) is 0 Å². The Balaban J connectivity index is 1.89. The number of aromatic nitrogens is 2. The molecule has 0 saturated carbocycles. The molecule has 104 valence electrons. The van der Waals surface area contributed by atoms with E-state index >= 15 is 0 Å². The van der Waals surface area contributed by atoms with E-state index in [2.05, 4.69) is 10.2 Å². The van der Waals surface area contributed by atoms with E-state index in [9.17, 15) is 0 Å². The molecule has 0 aliphatic carbocycles. The van der Waals surface area contributed by atoms with E-state index < -0.39 is 7.12 Å². The number of hydrogen-bond acceptors (Lipinski definition) is 5. The van der Waals surface area contributed by atoms with Crippen molar-refractivity contribution in [3.8, 4) is 22.9 Å². The highest BCUT2D eigenvalue weighted by Gasteiger charge is 2.13. The van der Waals surface area contributed by atoms with Crippen LogP contribution in [0.1, 0.15) is 5.56 Å². The zero-order valence-electron chi connectivity index (χ0n) is 11.4. The van der Waals surface area contributed by atoms with Gasteiger partial charge in [-0.3, -0.25) is 0 Å². The summed E-state index contributed by atoms with van der Waals surface area (Å²) in [6.45, 7) is 2.01. The van der Waals surface area contributed by atoms with Crippen molar-refractivity contribution in [3.63, 3.8) is 0 Å². The van der Waals surface area contributed by atoms with Crippen molar-refractivity contribution >= 4 is 12.6 Å². The first-order valence-corrected chi connectivity index (χ1v) is 6.50. The molecule has 0 aliphatic heterocycles. The van der Waals surface area contributed by atoms with Crippen molar-refractivity contribution in [1.29, 1.82) is 0 Å². The van der Waals surface area contributed by atoms with Crippen molar-refractivity contribution < 1.29 is 14.5 Å². The van der Waals surface area contributed by atoms with Crippen LogP contribution in [-0.2, 0) is 0 Å². The average molecular weight is 280 g/mol. The summed E-state index contributed by atoms with van der Waals surface area (Å²) in [7, 11) is -1.48. The van der Waals surface area contributed by atoms with Crippen LogP contribution in [0, 0.1) is 6.92 Å². The van der Waals surface area contributed by atoms with Gasteiger partial charge in [0.2, 0.25) is 11.8 Å². The Morgan fingerprint density at radius 2 is 1.29 bits per heavy atom. The average Bonchev–Trinajstić information content (AvgIpc) is 2.98. The summed E-state index contributed by atoms with van der Waals surface area (Å²) in [6, 6.07) is 14.5. The lowest BCUT2D eigenvalue weighted by atomic mass is 9.80. The third-order valence-corrected chi connectivity index (χ3v) is 3.18. The molecule has 0 spiro atoms. The van der Waals surface area contributed by atoms with Crippen LogP contribution in [0.2, 0.25) is 0 Å². The molecule has 2 aromatic carbocycles. The molecule has 0 aliphatic rings. The smallest absolute Gasteiger partial charge is 0.423 e. The lowest BCUT2D eigenvalue weighted by Gasteiger charge is -1.99. The second-order valence-corrected chi connectivity index (χ2v) is 4.77. The molecule has 1 heterocycles. The van der Waals surface area contributed by atoms with Crippen LogP contribution in [0.5, 0.6) is 0 Å². The summed E-state index contributed by atoms with van der Waals surface area (Å²) >= 11 is 0. The van der Waals surface area contributed by atoms with Crippen molar-refractivity contribution in [2.75, 3.05) is 0 Å². The molecule has 0 amide bonds. The summed E-state index contributed by atoms with van der Waals surface area (Å²) in [5.74, 6) is 0.848. The highest BCUT2D eigenvalue weighted by Crippen LogP contribution is 2.23. The van der Waals surface area contributed by atoms with Crippen molar-refractivity contribution in [3.05, 3.63) is 54.1 Å². The van der Waals surface area contributed by atoms with Crippen LogP contribution < -0.4 is 5.46 Å². The summed E-state index contributed by atoms with van der Waals surface area (Å²) < 4.78 is 5.65. The zero-order valence-corrected chi connectivity index (χ0v) is 11.4. The monoisotopic (exact) mass is 280 g/mol. The van der Waals surface area contributed by atoms with Gasteiger partial charge in [-0.05, 0) is 36.7 Å². The molecule has 21 heavy (non-hydrogen) atoms. The highest BCUT2D eigenvalue weighted by molar-refractivity contribution is 6.58. The molecule has 0 unspecified atom stereocenters. The Morgan fingerprint density at radius 3 is 1.76 bits per heavy atom. The molecule has 0 radical (unpaired) electrons. The minimum atomic E-state index is -1.48. The van der Waals surface area contributed by atoms with E-state index in [4.69, 9.17) is 14.5 Å². The minimum absolute atomic E-state index is 0.393. The summed E-state index contributed by atoms with van der Waals surface area (Å²) in [6.07, 6.45) is 0. The normalized spacial score (nSPS) is 10.6. The molecule has 5 nitrogen and oxygen atoms in total. The van der Waals surface area contributed by atoms with E-state index in [-0.39, 0.29) is 0 Å². The van der Waals surface area contributed by atoms with Gasteiger partial charge in [0.1, 0.15) is 0 Å². The lowest BCUT2D eigenvalue weighted by Crippen LogP contribution is -2.29. The van der Waals surface area contributed by atoms with E-state index in [1.54, 1.807) is 24.3 Å². The van der Waals surface area contributed by atoms with Gasteiger partial charge in [0.05, 0.1) is 0 Å². The third kappa shape index (κ3) is 2.86. The van der Waals surface area contributed by atoms with Gasteiger partial charge in [0.25, 0.3) is 0 Å². The Hall–Kier alpha value is -2.44. The molecule has 1 aromatic heterocycles. The van der Waals surface area contributed by atoms with Crippen LogP contribution in [0.4, 0.5) is 0 Å². The van der Waals surface area contributed by atoms with Crippen LogP contribution >= 0.6 is 0 Å². The largest absolute Gasteiger partial charge is 0.488 e. The minimum Gasteiger partial charge on any atom is -0.423 e. The first-order chi connectivity index (χ1) is 10.1. The lowest BCUT2D eigenvalue weighted by molar-refractivity contribution is 0.426. The van der Waals surface area contributed by atoms with Gasteiger partial charge in [-0.1, -0.05) is 29.8 Å². The summed E-state index contributed by atoms with van der Waals surface area (Å²) in [5.41, 5.74) is 3.17. The Morgan fingerprint density at radius 1 is 0.810 bits per heavy atom. The second kappa shape index (κ2) is 5.51.